The monoisotopic (exact) mass is 340 g/mol. The van der Waals surface area contributed by atoms with Crippen LogP contribution in [0.25, 0.3) is 11.3 Å². The lowest BCUT2D eigenvalue weighted by Crippen LogP contribution is -2.13. The van der Waals surface area contributed by atoms with Crippen LogP contribution in [0, 0.1) is 0 Å². The van der Waals surface area contributed by atoms with Crippen molar-refractivity contribution in [3.05, 3.63) is 23.6 Å². The summed E-state index contributed by atoms with van der Waals surface area (Å²) in [6.45, 7) is -2.88. The summed E-state index contributed by atoms with van der Waals surface area (Å²) >= 11 is 1.55. The molecule has 2 aromatic rings. The fourth-order valence-corrected chi connectivity index (χ4v) is 3.54. The van der Waals surface area contributed by atoms with Gasteiger partial charge in [0.1, 0.15) is 0 Å². The zero-order chi connectivity index (χ0) is 16.2. The van der Waals surface area contributed by atoms with E-state index in [1.165, 1.54) is 38.9 Å². The number of hydrogen-bond donors (Lipinski definition) is 1. The zero-order valence-electron chi connectivity index (χ0n) is 12.7. The van der Waals surface area contributed by atoms with Gasteiger partial charge in [0.2, 0.25) is 0 Å². The van der Waals surface area contributed by atoms with Crippen LogP contribution in [0.5, 0.6) is 11.5 Å². The van der Waals surface area contributed by atoms with Crippen molar-refractivity contribution in [3.8, 4) is 22.8 Å². The van der Waals surface area contributed by atoms with Crippen molar-refractivity contribution in [1.82, 2.24) is 4.98 Å². The number of benzene rings is 1. The number of thiazole rings is 1. The quantitative estimate of drug-likeness (QED) is 0.822. The minimum absolute atomic E-state index is 0.0192. The predicted molar refractivity (Wildman–Crippen MR) is 86.6 cm³/mol. The topological polar surface area (TPSA) is 43.4 Å². The first-order chi connectivity index (χ1) is 11.2. The molecule has 0 unspecified atom stereocenters. The highest BCUT2D eigenvalue weighted by Crippen LogP contribution is 2.35. The Balaban J connectivity index is 1.77. The minimum atomic E-state index is -2.88. The summed E-state index contributed by atoms with van der Waals surface area (Å²) in [5.74, 6) is 0.284. The molecule has 1 N–H and O–H groups in total. The van der Waals surface area contributed by atoms with Gasteiger partial charge >= 0.3 is 6.61 Å². The van der Waals surface area contributed by atoms with Crippen molar-refractivity contribution >= 4 is 16.5 Å². The third-order valence-corrected chi connectivity index (χ3v) is 4.64. The SMILES string of the molecule is COc1cc(-c2csc(NC3CCCC3)n2)ccc1OC(F)F. The highest BCUT2D eigenvalue weighted by Gasteiger charge is 2.17. The van der Waals surface area contributed by atoms with E-state index in [4.69, 9.17) is 4.74 Å². The molecule has 7 heteroatoms. The van der Waals surface area contributed by atoms with E-state index >= 15 is 0 Å². The van der Waals surface area contributed by atoms with Gasteiger partial charge in [0.05, 0.1) is 12.8 Å². The molecule has 1 fully saturated rings. The number of methoxy groups -OCH3 is 1. The maximum Gasteiger partial charge on any atom is 0.387 e. The van der Waals surface area contributed by atoms with Crippen LogP contribution in [-0.4, -0.2) is 24.7 Å². The van der Waals surface area contributed by atoms with E-state index < -0.39 is 6.61 Å². The van der Waals surface area contributed by atoms with Crippen molar-refractivity contribution in [2.75, 3.05) is 12.4 Å². The number of anilines is 1. The number of aromatic nitrogens is 1. The third-order valence-electron chi connectivity index (χ3n) is 3.86. The Kier molecular flexibility index (Phi) is 4.95. The molecule has 1 aliphatic rings. The number of hydrogen-bond acceptors (Lipinski definition) is 5. The lowest BCUT2D eigenvalue weighted by molar-refractivity contribution is -0.0512. The van der Waals surface area contributed by atoms with E-state index in [-0.39, 0.29) is 11.5 Å². The van der Waals surface area contributed by atoms with E-state index in [2.05, 4.69) is 15.0 Å². The summed E-state index contributed by atoms with van der Waals surface area (Å²) in [6.07, 6.45) is 4.89. The smallest absolute Gasteiger partial charge is 0.387 e. The van der Waals surface area contributed by atoms with Gasteiger partial charge in [-0.1, -0.05) is 12.8 Å². The van der Waals surface area contributed by atoms with Crippen molar-refractivity contribution in [2.24, 2.45) is 0 Å². The van der Waals surface area contributed by atoms with Crippen LogP contribution in [-0.2, 0) is 0 Å². The number of halogens is 2. The van der Waals surface area contributed by atoms with Crippen molar-refractivity contribution in [3.63, 3.8) is 0 Å². The third kappa shape index (κ3) is 3.90. The lowest BCUT2D eigenvalue weighted by Gasteiger charge is -2.11. The molecule has 0 radical (unpaired) electrons. The van der Waals surface area contributed by atoms with E-state index in [0.29, 0.717) is 6.04 Å². The number of ether oxygens (including phenoxy) is 2. The first-order valence-corrected chi connectivity index (χ1v) is 8.39. The van der Waals surface area contributed by atoms with Crippen LogP contribution in [0.1, 0.15) is 25.7 Å². The summed E-state index contributed by atoms with van der Waals surface area (Å²) in [5.41, 5.74) is 1.59. The van der Waals surface area contributed by atoms with Crippen LogP contribution in [0.4, 0.5) is 13.9 Å². The second-order valence-electron chi connectivity index (χ2n) is 5.41. The Morgan fingerprint density at radius 1 is 1.26 bits per heavy atom. The van der Waals surface area contributed by atoms with Gasteiger partial charge in [0, 0.05) is 17.0 Å². The Labute approximate surface area is 137 Å². The normalized spacial score (nSPS) is 15.1. The molecule has 0 aliphatic heterocycles. The second kappa shape index (κ2) is 7.12. The fourth-order valence-electron chi connectivity index (χ4n) is 2.74. The maximum atomic E-state index is 12.4. The van der Waals surface area contributed by atoms with Crippen molar-refractivity contribution < 1.29 is 18.3 Å². The standard InChI is InChI=1S/C16H18F2N2O2S/c1-21-14-8-10(6-7-13(14)22-15(17)18)12-9-23-16(20-12)19-11-4-2-3-5-11/h6-9,11,15H,2-5H2,1H3,(H,19,20). The molecule has 1 aliphatic carbocycles. The van der Waals surface area contributed by atoms with E-state index in [1.54, 1.807) is 23.5 Å². The van der Waals surface area contributed by atoms with Crippen LogP contribution in [0.3, 0.4) is 0 Å². The molecule has 0 spiro atoms. The number of rotatable bonds is 6. The molecule has 23 heavy (non-hydrogen) atoms. The van der Waals surface area contributed by atoms with Crippen LogP contribution < -0.4 is 14.8 Å². The first kappa shape index (κ1) is 16.0. The molecule has 3 rings (SSSR count). The average Bonchev–Trinajstić information content (AvgIpc) is 3.19. The average molecular weight is 340 g/mol. The molecule has 4 nitrogen and oxygen atoms in total. The summed E-state index contributed by atoms with van der Waals surface area (Å²) < 4.78 is 34.3. The molecular formula is C16H18F2N2O2S. The highest BCUT2D eigenvalue weighted by molar-refractivity contribution is 7.14. The Morgan fingerprint density at radius 3 is 2.74 bits per heavy atom. The van der Waals surface area contributed by atoms with Gasteiger partial charge in [-0.2, -0.15) is 8.78 Å². The maximum absolute atomic E-state index is 12.4. The highest BCUT2D eigenvalue weighted by atomic mass is 32.1. The van der Waals surface area contributed by atoms with Gasteiger partial charge in [-0.3, -0.25) is 0 Å². The van der Waals surface area contributed by atoms with Gasteiger partial charge in [0.15, 0.2) is 16.6 Å². The second-order valence-corrected chi connectivity index (χ2v) is 6.27. The Bertz CT molecular complexity index is 657. The Hall–Kier alpha value is -1.89. The van der Waals surface area contributed by atoms with Crippen molar-refractivity contribution in [1.29, 1.82) is 0 Å². The molecule has 1 heterocycles. The number of nitrogens with zero attached hydrogens (tertiary/aromatic N) is 1. The molecule has 1 saturated carbocycles. The van der Waals surface area contributed by atoms with Gasteiger partial charge in [-0.05, 0) is 31.0 Å². The van der Waals surface area contributed by atoms with Crippen LogP contribution in [0.15, 0.2) is 23.6 Å². The first-order valence-electron chi connectivity index (χ1n) is 7.51. The molecule has 0 saturated heterocycles. The van der Waals surface area contributed by atoms with Gasteiger partial charge in [-0.25, -0.2) is 4.98 Å². The number of alkyl halides is 2. The summed E-state index contributed by atoms with van der Waals surface area (Å²) in [4.78, 5) is 4.57. The summed E-state index contributed by atoms with van der Waals surface area (Å²) in [5, 5.41) is 6.28. The molecule has 1 aromatic carbocycles. The molecule has 1 aromatic heterocycles. The molecule has 124 valence electrons. The van der Waals surface area contributed by atoms with Crippen molar-refractivity contribution in [2.45, 2.75) is 38.3 Å². The van der Waals surface area contributed by atoms with Gasteiger partial charge < -0.3 is 14.8 Å². The zero-order valence-corrected chi connectivity index (χ0v) is 13.5. The predicted octanol–water partition coefficient (Wildman–Crippen LogP) is 4.77. The number of nitrogens with one attached hydrogen (secondary N) is 1. The molecule has 0 atom stereocenters. The Morgan fingerprint density at radius 2 is 2.04 bits per heavy atom. The largest absolute Gasteiger partial charge is 0.493 e. The minimum Gasteiger partial charge on any atom is -0.493 e. The van der Waals surface area contributed by atoms with Gasteiger partial charge in [0.25, 0.3) is 0 Å². The fraction of sp³-hybridized carbons (Fsp3) is 0.438. The van der Waals surface area contributed by atoms with E-state index in [9.17, 15) is 8.78 Å². The molecule has 0 bridgehead atoms. The summed E-state index contributed by atoms with van der Waals surface area (Å²) in [6, 6.07) is 5.34. The molecule has 0 amide bonds. The lowest BCUT2D eigenvalue weighted by atomic mass is 10.1. The van der Waals surface area contributed by atoms with Crippen LogP contribution >= 0.6 is 11.3 Å². The van der Waals surface area contributed by atoms with Crippen LogP contribution in [0.2, 0.25) is 0 Å². The summed E-state index contributed by atoms with van der Waals surface area (Å²) in [7, 11) is 1.42. The molecular weight excluding hydrogens is 322 g/mol. The van der Waals surface area contributed by atoms with E-state index in [0.717, 1.165) is 16.4 Å². The van der Waals surface area contributed by atoms with E-state index in [1.807, 2.05) is 5.38 Å². The van der Waals surface area contributed by atoms with Gasteiger partial charge in [-0.15, -0.1) is 11.3 Å².